The molecule has 1 heterocycles. The molecule has 1 aromatic rings. The molecule has 0 saturated carbocycles. The van der Waals surface area contributed by atoms with E-state index in [-0.39, 0.29) is 5.71 Å². The molecule has 8 nitrogen and oxygen atoms in total. The number of nitrogens with zero attached hydrogens (tertiary/aromatic N) is 2. The molecular formula is C12H18N4O4. The summed E-state index contributed by atoms with van der Waals surface area (Å²) < 4.78 is 6.43. The summed E-state index contributed by atoms with van der Waals surface area (Å²) in [5, 5.41) is 12.7. The number of hydrazone groups is 1. The van der Waals surface area contributed by atoms with Crippen LogP contribution in [0, 0.1) is 0 Å². The summed E-state index contributed by atoms with van der Waals surface area (Å²) in [4.78, 5) is 22.7. The van der Waals surface area contributed by atoms with Crippen LogP contribution in [0.4, 0.5) is 4.79 Å². The van der Waals surface area contributed by atoms with Crippen LogP contribution in [-0.2, 0) is 9.53 Å². The molecule has 0 unspecified atom stereocenters. The van der Waals surface area contributed by atoms with Crippen LogP contribution < -0.4 is 10.9 Å². The number of nitrogens with one attached hydrogen (secondary N) is 2. The van der Waals surface area contributed by atoms with Gasteiger partial charge in [0.2, 0.25) is 0 Å². The van der Waals surface area contributed by atoms with Crippen LogP contribution in [0.25, 0.3) is 0 Å². The minimum absolute atomic E-state index is 0.302. The van der Waals surface area contributed by atoms with Crippen molar-refractivity contribution < 1.29 is 19.4 Å². The maximum atomic E-state index is 11.5. The molecule has 0 saturated heterocycles. The topological polar surface area (TPSA) is 105 Å². The highest BCUT2D eigenvalue weighted by Crippen LogP contribution is 2.07. The molecule has 20 heavy (non-hydrogen) atoms. The van der Waals surface area contributed by atoms with Crippen molar-refractivity contribution in [3.63, 3.8) is 0 Å². The maximum absolute atomic E-state index is 11.5. The quantitative estimate of drug-likeness (QED) is 0.564. The van der Waals surface area contributed by atoms with Crippen LogP contribution in [0.2, 0.25) is 0 Å². The second-order valence-electron chi connectivity index (χ2n) is 4.87. The number of ether oxygens (including phenoxy) is 1. The minimum Gasteiger partial charge on any atom is -0.476 e. The lowest BCUT2D eigenvalue weighted by molar-refractivity contribution is -0.129. The lowest BCUT2D eigenvalue weighted by Gasteiger charge is -2.18. The lowest BCUT2D eigenvalue weighted by atomic mass is 10.2. The molecule has 0 radical (unpaired) electrons. The minimum atomic E-state index is -1.27. The zero-order valence-electron chi connectivity index (χ0n) is 11.8. The first-order valence-electron chi connectivity index (χ1n) is 5.90. The highest BCUT2D eigenvalue weighted by atomic mass is 16.6. The van der Waals surface area contributed by atoms with Gasteiger partial charge in [0.05, 0.1) is 5.69 Å². The van der Waals surface area contributed by atoms with Crippen molar-refractivity contribution in [3.05, 3.63) is 24.0 Å². The fraction of sp³-hybridized carbons (Fsp3) is 0.417. The first kappa shape index (κ1) is 15.5. The molecule has 0 bridgehead atoms. The average molecular weight is 282 g/mol. The Kier molecular flexibility index (Phi) is 4.73. The largest absolute Gasteiger partial charge is 0.476 e. The molecule has 0 aliphatic carbocycles. The third-order valence-corrected chi connectivity index (χ3v) is 2.09. The van der Waals surface area contributed by atoms with Crippen molar-refractivity contribution in [2.75, 3.05) is 12.5 Å². The molecule has 110 valence electrons. The second-order valence-corrected chi connectivity index (χ2v) is 4.87. The second kappa shape index (κ2) is 6.09. The zero-order valence-corrected chi connectivity index (χ0v) is 11.8. The molecule has 0 atom stereocenters. The van der Waals surface area contributed by atoms with Crippen LogP contribution in [0.15, 0.2) is 23.4 Å². The Balaban J connectivity index is 2.90. The van der Waals surface area contributed by atoms with Crippen LogP contribution in [0.1, 0.15) is 26.5 Å². The van der Waals surface area contributed by atoms with E-state index in [1.807, 2.05) is 0 Å². The van der Waals surface area contributed by atoms with Crippen molar-refractivity contribution in [1.29, 1.82) is 0 Å². The summed E-state index contributed by atoms with van der Waals surface area (Å²) in [6.07, 6.45) is 0.806. The van der Waals surface area contributed by atoms with Gasteiger partial charge in [-0.05, 0) is 32.9 Å². The number of rotatable bonds is 4. The van der Waals surface area contributed by atoms with Crippen LogP contribution in [-0.4, -0.2) is 40.2 Å². The zero-order chi connectivity index (χ0) is 15.3. The van der Waals surface area contributed by atoms with E-state index < -0.39 is 17.7 Å². The summed E-state index contributed by atoms with van der Waals surface area (Å²) in [7, 11) is 1.63. The molecule has 0 fully saturated rings. The fourth-order valence-corrected chi connectivity index (χ4v) is 1.39. The van der Waals surface area contributed by atoms with Gasteiger partial charge in [0, 0.05) is 13.2 Å². The standard InChI is InChI=1S/C12H18N4O4/c1-12(2,3)20-11(19)15-14-9(10(17)18)8-6-5-7-16(8)13-4/h5-7,13H,1-4H3,(H,15,19)(H,17,18)/b14-9+. The lowest BCUT2D eigenvalue weighted by Crippen LogP contribution is -2.32. The molecule has 1 amide bonds. The molecule has 1 aromatic heterocycles. The van der Waals surface area contributed by atoms with E-state index in [1.165, 1.54) is 4.68 Å². The molecule has 3 N–H and O–H groups in total. The number of hydrogen-bond acceptors (Lipinski definition) is 5. The number of hydrogen-bond donors (Lipinski definition) is 3. The molecular weight excluding hydrogens is 264 g/mol. The Morgan fingerprint density at radius 3 is 2.55 bits per heavy atom. The van der Waals surface area contributed by atoms with Crippen molar-refractivity contribution in [2.45, 2.75) is 26.4 Å². The number of amides is 1. The highest BCUT2D eigenvalue weighted by Gasteiger charge is 2.19. The van der Waals surface area contributed by atoms with Gasteiger partial charge < -0.3 is 15.3 Å². The molecule has 0 aliphatic rings. The average Bonchev–Trinajstić information content (AvgIpc) is 2.74. The Hall–Kier alpha value is -2.51. The Bertz CT molecular complexity index is 528. The van der Waals surface area contributed by atoms with Crippen molar-refractivity contribution >= 4 is 17.8 Å². The fourth-order valence-electron chi connectivity index (χ4n) is 1.39. The SMILES string of the molecule is CNn1cccc1/C(=N\NC(=O)OC(C)(C)C)C(=O)O. The predicted molar refractivity (Wildman–Crippen MR) is 73.3 cm³/mol. The third kappa shape index (κ3) is 4.30. The summed E-state index contributed by atoms with van der Waals surface area (Å²) in [6, 6.07) is 3.21. The van der Waals surface area contributed by atoms with Gasteiger partial charge in [-0.25, -0.2) is 15.0 Å². The number of carbonyl (C=O) groups is 2. The van der Waals surface area contributed by atoms with Crippen molar-refractivity contribution in [3.8, 4) is 0 Å². The van der Waals surface area contributed by atoms with E-state index >= 15 is 0 Å². The van der Waals surface area contributed by atoms with E-state index in [1.54, 1.807) is 46.1 Å². The van der Waals surface area contributed by atoms with Crippen LogP contribution >= 0.6 is 0 Å². The van der Waals surface area contributed by atoms with Crippen LogP contribution in [0.5, 0.6) is 0 Å². The van der Waals surface area contributed by atoms with Gasteiger partial charge in [-0.15, -0.1) is 0 Å². The number of carboxylic acids is 1. The Morgan fingerprint density at radius 2 is 2.05 bits per heavy atom. The van der Waals surface area contributed by atoms with Crippen molar-refractivity contribution in [1.82, 2.24) is 10.1 Å². The van der Waals surface area contributed by atoms with Crippen LogP contribution in [0.3, 0.4) is 0 Å². The van der Waals surface area contributed by atoms with Gasteiger partial charge >= 0.3 is 12.1 Å². The summed E-state index contributed by atoms with van der Waals surface area (Å²) in [5.41, 5.74) is 4.14. The Morgan fingerprint density at radius 1 is 1.40 bits per heavy atom. The molecule has 0 aromatic carbocycles. The number of carboxylic acid groups (broad SMARTS) is 1. The first-order chi connectivity index (χ1) is 9.24. The molecule has 8 heteroatoms. The number of aromatic nitrogens is 1. The molecule has 1 rings (SSSR count). The van der Waals surface area contributed by atoms with E-state index in [2.05, 4.69) is 16.0 Å². The smallest absolute Gasteiger partial charge is 0.428 e. The number of aliphatic carboxylic acids is 1. The first-order valence-corrected chi connectivity index (χ1v) is 5.90. The van der Waals surface area contributed by atoms with Gasteiger partial charge in [0.1, 0.15) is 5.60 Å². The maximum Gasteiger partial charge on any atom is 0.428 e. The predicted octanol–water partition coefficient (Wildman–Crippen LogP) is 0.975. The van der Waals surface area contributed by atoms with Gasteiger partial charge in [-0.3, -0.25) is 4.68 Å². The van der Waals surface area contributed by atoms with Gasteiger partial charge in [-0.1, -0.05) is 0 Å². The van der Waals surface area contributed by atoms with E-state index in [4.69, 9.17) is 9.84 Å². The Labute approximate surface area is 116 Å². The van der Waals surface area contributed by atoms with Gasteiger partial charge in [0.15, 0.2) is 5.71 Å². The molecule has 0 spiro atoms. The monoisotopic (exact) mass is 282 g/mol. The van der Waals surface area contributed by atoms with E-state index in [0.29, 0.717) is 5.69 Å². The van der Waals surface area contributed by atoms with E-state index in [0.717, 1.165) is 0 Å². The molecule has 0 aliphatic heterocycles. The summed E-state index contributed by atoms with van der Waals surface area (Å²) in [6.45, 7) is 5.08. The number of carbonyl (C=O) groups excluding carboxylic acids is 1. The summed E-state index contributed by atoms with van der Waals surface area (Å²) in [5.74, 6) is -1.27. The van der Waals surface area contributed by atoms with E-state index in [9.17, 15) is 9.59 Å². The van der Waals surface area contributed by atoms with Gasteiger partial charge in [-0.2, -0.15) is 5.10 Å². The normalized spacial score (nSPS) is 11.9. The third-order valence-electron chi connectivity index (χ3n) is 2.09. The summed E-state index contributed by atoms with van der Waals surface area (Å²) >= 11 is 0. The van der Waals surface area contributed by atoms with Crippen molar-refractivity contribution in [2.24, 2.45) is 5.10 Å². The highest BCUT2D eigenvalue weighted by molar-refractivity contribution is 6.42. The van der Waals surface area contributed by atoms with Gasteiger partial charge in [0.25, 0.3) is 0 Å².